The predicted molar refractivity (Wildman–Crippen MR) is 120 cm³/mol. The van der Waals surface area contributed by atoms with Crippen molar-refractivity contribution in [3.63, 3.8) is 0 Å². The van der Waals surface area contributed by atoms with Crippen LogP contribution in [0.1, 0.15) is 41.3 Å². The first kappa shape index (κ1) is 21.1. The minimum Gasteiger partial charge on any atom is -0.494 e. The lowest BCUT2D eigenvalue weighted by Crippen LogP contribution is -2.44. The lowest BCUT2D eigenvalue weighted by atomic mass is 9.74. The van der Waals surface area contributed by atoms with Gasteiger partial charge in [-0.2, -0.15) is 5.10 Å². The second-order valence-corrected chi connectivity index (χ2v) is 8.04. The molecule has 1 aliphatic rings. The average Bonchev–Trinajstić information content (AvgIpc) is 3.25. The van der Waals surface area contributed by atoms with Crippen molar-refractivity contribution in [1.29, 1.82) is 0 Å². The number of aromatic nitrogens is 2. The molecule has 6 heteroatoms. The normalized spacial score (nSPS) is 15.4. The summed E-state index contributed by atoms with van der Waals surface area (Å²) in [5, 5.41) is 7.48. The molecular weight excluding hydrogens is 390 g/mol. The molecule has 0 unspecified atom stereocenters. The number of carbonyl (C=O) groups is 1. The van der Waals surface area contributed by atoms with E-state index in [0.717, 1.165) is 29.8 Å². The maximum absolute atomic E-state index is 12.9. The molecule has 1 aromatic heterocycles. The highest BCUT2D eigenvalue weighted by Gasteiger charge is 2.35. The van der Waals surface area contributed by atoms with Crippen molar-refractivity contribution < 1.29 is 14.3 Å². The fourth-order valence-electron chi connectivity index (χ4n) is 4.07. The molecule has 0 saturated carbocycles. The van der Waals surface area contributed by atoms with E-state index in [9.17, 15) is 4.79 Å². The molecule has 3 aromatic rings. The molecule has 1 amide bonds. The third-order valence-corrected chi connectivity index (χ3v) is 5.92. The van der Waals surface area contributed by atoms with Gasteiger partial charge >= 0.3 is 0 Å². The van der Waals surface area contributed by atoms with Gasteiger partial charge in [-0.05, 0) is 74.2 Å². The van der Waals surface area contributed by atoms with E-state index in [0.29, 0.717) is 31.9 Å². The highest BCUT2D eigenvalue weighted by molar-refractivity contribution is 5.94. The molecule has 1 fully saturated rings. The number of hydrogen-bond donors (Lipinski definition) is 1. The minimum atomic E-state index is -0.134. The van der Waals surface area contributed by atoms with Crippen LogP contribution in [0.25, 0.3) is 5.69 Å². The number of carbonyl (C=O) groups excluding carboxylic acids is 1. The fourth-order valence-corrected chi connectivity index (χ4v) is 4.07. The first-order valence-corrected chi connectivity index (χ1v) is 10.8. The second kappa shape index (κ2) is 9.35. The number of aryl methyl sites for hydroxylation is 1. The zero-order valence-corrected chi connectivity index (χ0v) is 18.1. The van der Waals surface area contributed by atoms with E-state index in [1.165, 1.54) is 5.56 Å². The smallest absolute Gasteiger partial charge is 0.251 e. The highest BCUT2D eigenvalue weighted by Crippen LogP contribution is 2.35. The Morgan fingerprint density at radius 2 is 1.84 bits per heavy atom. The van der Waals surface area contributed by atoms with Gasteiger partial charge in [0.15, 0.2) is 0 Å². The van der Waals surface area contributed by atoms with Crippen LogP contribution >= 0.6 is 0 Å². The Morgan fingerprint density at radius 1 is 1.13 bits per heavy atom. The third-order valence-electron chi connectivity index (χ3n) is 5.92. The molecule has 1 aliphatic heterocycles. The first-order valence-electron chi connectivity index (χ1n) is 10.8. The summed E-state index contributed by atoms with van der Waals surface area (Å²) in [6.07, 6.45) is 5.52. The van der Waals surface area contributed by atoms with Crippen molar-refractivity contribution in [1.82, 2.24) is 15.1 Å². The number of nitrogens with zero attached hydrogens (tertiary/aromatic N) is 2. The Morgan fingerprint density at radius 3 is 2.45 bits per heavy atom. The van der Waals surface area contributed by atoms with Gasteiger partial charge < -0.3 is 14.8 Å². The van der Waals surface area contributed by atoms with Gasteiger partial charge in [0, 0.05) is 36.9 Å². The van der Waals surface area contributed by atoms with Crippen molar-refractivity contribution in [2.45, 2.75) is 32.1 Å². The predicted octanol–water partition coefficient (Wildman–Crippen LogP) is 4.06. The fraction of sp³-hybridized carbons (Fsp3) is 0.360. The second-order valence-electron chi connectivity index (χ2n) is 8.04. The van der Waals surface area contributed by atoms with Crippen LogP contribution in [0.4, 0.5) is 0 Å². The molecule has 1 N–H and O–H groups in total. The van der Waals surface area contributed by atoms with Crippen LogP contribution in [-0.2, 0) is 10.2 Å². The van der Waals surface area contributed by atoms with Crippen LogP contribution < -0.4 is 10.1 Å². The van der Waals surface area contributed by atoms with Crippen molar-refractivity contribution >= 4 is 5.91 Å². The van der Waals surface area contributed by atoms with E-state index in [-0.39, 0.29) is 11.3 Å². The molecule has 1 saturated heterocycles. The summed E-state index contributed by atoms with van der Waals surface area (Å²) in [4.78, 5) is 12.9. The lowest BCUT2D eigenvalue weighted by Gasteiger charge is -2.38. The molecule has 0 spiro atoms. The van der Waals surface area contributed by atoms with Gasteiger partial charge in [-0.1, -0.05) is 12.1 Å². The lowest BCUT2D eigenvalue weighted by molar-refractivity contribution is 0.0487. The Bertz CT molecular complexity index is 1000. The van der Waals surface area contributed by atoms with Gasteiger partial charge in [0.05, 0.1) is 18.5 Å². The SMILES string of the molecule is CCOc1ccc(C2(CNC(=O)c3ccc(-n4cc(C)cn4)cc3)CCOCC2)cc1. The van der Waals surface area contributed by atoms with Crippen molar-refractivity contribution in [2.24, 2.45) is 0 Å². The minimum absolute atomic E-state index is 0.0694. The van der Waals surface area contributed by atoms with E-state index < -0.39 is 0 Å². The van der Waals surface area contributed by atoms with Gasteiger partial charge in [-0.25, -0.2) is 4.68 Å². The monoisotopic (exact) mass is 419 g/mol. The zero-order valence-electron chi connectivity index (χ0n) is 18.1. The molecule has 4 rings (SSSR count). The quantitative estimate of drug-likeness (QED) is 0.627. The van der Waals surface area contributed by atoms with E-state index in [4.69, 9.17) is 9.47 Å². The zero-order chi connectivity index (χ0) is 21.7. The van der Waals surface area contributed by atoms with E-state index >= 15 is 0 Å². The average molecular weight is 420 g/mol. The number of nitrogens with one attached hydrogen (secondary N) is 1. The van der Waals surface area contributed by atoms with Gasteiger partial charge in [0.25, 0.3) is 5.91 Å². The van der Waals surface area contributed by atoms with Gasteiger partial charge in [0.2, 0.25) is 0 Å². The molecule has 2 heterocycles. The van der Waals surface area contributed by atoms with Crippen molar-refractivity contribution in [3.8, 4) is 11.4 Å². The van der Waals surface area contributed by atoms with Crippen molar-refractivity contribution in [3.05, 3.63) is 77.6 Å². The summed E-state index contributed by atoms with van der Waals surface area (Å²) in [6.45, 7) is 6.59. The molecule has 6 nitrogen and oxygen atoms in total. The van der Waals surface area contributed by atoms with E-state index in [2.05, 4.69) is 22.5 Å². The van der Waals surface area contributed by atoms with Crippen molar-refractivity contribution in [2.75, 3.05) is 26.4 Å². The number of rotatable bonds is 7. The van der Waals surface area contributed by atoms with Gasteiger partial charge in [-0.3, -0.25) is 4.79 Å². The molecule has 0 radical (unpaired) electrons. The largest absolute Gasteiger partial charge is 0.494 e. The van der Waals surface area contributed by atoms with Crippen LogP contribution in [0, 0.1) is 6.92 Å². The Hall–Kier alpha value is -3.12. The molecule has 31 heavy (non-hydrogen) atoms. The highest BCUT2D eigenvalue weighted by atomic mass is 16.5. The summed E-state index contributed by atoms with van der Waals surface area (Å²) in [7, 11) is 0. The van der Waals surface area contributed by atoms with E-state index in [1.807, 2.05) is 62.6 Å². The third kappa shape index (κ3) is 4.80. The summed E-state index contributed by atoms with van der Waals surface area (Å²) in [6, 6.07) is 15.8. The standard InChI is InChI=1S/C25H29N3O3/c1-3-31-23-10-6-21(7-11-23)25(12-14-30-15-13-25)18-26-24(29)20-4-8-22(9-5-20)28-17-19(2)16-27-28/h4-11,16-17H,3,12-15,18H2,1-2H3,(H,26,29). The molecule has 2 aromatic carbocycles. The van der Waals surface area contributed by atoms with E-state index in [1.54, 1.807) is 4.68 Å². The Labute approximate surface area is 183 Å². The summed E-state index contributed by atoms with van der Waals surface area (Å²) in [5.74, 6) is 0.796. The molecule has 0 aliphatic carbocycles. The summed E-state index contributed by atoms with van der Waals surface area (Å²) in [5.41, 5.74) is 3.74. The van der Waals surface area contributed by atoms with Gasteiger partial charge in [0.1, 0.15) is 5.75 Å². The maximum atomic E-state index is 12.9. The topological polar surface area (TPSA) is 65.4 Å². The van der Waals surface area contributed by atoms with Gasteiger partial charge in [-0.15, -0.1) is 0 Å². The number of benzene rings is 2. The van der Waals surface area contributed by atoms with Crippen LogP contribution in [-0.4, -0.2) is 42.1 Å². The number of amides is 1. The van der Waals surface area contributed by atoms with Crippen LogP contribution in [0.15, 0.2) is 60.9 Å². The summed E-state index contributed by atoms with van der Waals surface area (Å²) >= 11 is 0. The Balaban J connectivity index is 1.46. The molecule has 0 atom stereocenters. The maximum Gasteiger partial charge on any atom is 0.251 e. The Kier molecular flexibility index (Phi) is 6.37. The first-order chi connectivity index (χ1) is 15.1. The number of ether oxygens (including phenoxy) is 2. The van der Waals surface area contributed by atoms with Crippen LogP contribution in [0.5, 0.6) is 5.75 Å². The summed E-state index contributed by atoms with van der Waals surface area (Å²) < 4.78 is 13.0. The molecule has 162 valence electrons. The van der Waals surface area contributed by atoms with Crippen LogP contribution in [0.3, 0.4) is 0 Å². The number of hydrogen-bond acceptors (Lipinski definition) is 4. The molecule has 0 bridgehead atoms. The molecular formula is C25H29N3O3. The van der Waals surface area contributed by atoms with Crippen LogP contribution in [0.2, 0.25) is 0 Å².